The largest absolute Gasteiger partial charge is 0.379 e. The van der Waals surface area contributed by atoms with Gasteiger partial charge in [0.1, 0.15) is 0 Å². The lowest BCUT2D eigenvalue weighted by Crippen LogP contribution is -2.42. The third kappa shape index (κ3) is 3.52. The van der Waals surface area contributed by atoms with Gasteiger partial charge in [-0.3, -0.25) is 4.79 Å². The smallest absolute Gasteiger partial charge is 0.254 e. The number of hydrogen-bond acceptors (Lipinski definition) is 4. The Kier molecular flexibility index (Phi) is 4.79. The predicted molar refractivity (Wildman–Crippen MR) is 97.4 cm³/mol. The summed E-state index contributed by atoms with van der Waals surface area (Å²) >= 11 is 0. The van der Waals surface area contributed by atoms with Gasteiger partial charge in [-0.2, -0.15) is 4.31 Å². The first-order valence-corrected chi connectivity index (χ1v) is 10.9. The van der Waals surface area contributed by atoms with Crippen LogP contribution in [0.4, 0.5) is 0 Å². The Morgan fingerprint density at radius 3 is 2.50 bits per heavy atom. The molecule has 3 aliphatic rings. The van der Waals surface area contributed by atoms with Crippen LogP contribution in [0.1, 0.15) is 43.0 Å². The van der Waals surface area contributed by atoms with Crippen LogP contribution in [0.2, 0.25) is 0 Å². The Bertz CT molecular complexity index is 780. The molecule has 1 aromatic rings. The van der Waals surface area contributed by atoms with Gasteiger partial charge in [0, 0.05) is 30.7 Å². The van der Waals surface area contributed by atoms with Crippen molar-refractivity contribution >= 4 is 15.9 Å². The van der Waals surface area contributed by atoms with Crippen molar-refractivity contribution in [3.05, 3.63) is 29.8 Å². The van der Waals surface area contributed by atoms with Crippen molar-refractivity contribution in [2.45, 2.75) is 49.6 Å². The van der Waals surface area contributed by atoms with Crippen molar-refractivity contribution in [3.63, 3.8) is 0 Å². The Morgan fingerprint density at radius 1 is 1.19 bits per heavy atom. The number of carbonyl (C=O) groups is 1. The summed E-state index contributed by atoms with van der Waals surface area (Å²) in [6.45, 7) is 3.65. The lowest BCUT2D eigenvalue weighted by molar-refractivity contribution is 0.0653. The maximum absolute atomic E-state index is 13.2. The topological polar surface area (TPSA) is 66.9 Å². The second-order valence-corrected chi connectivity index (χ2v) is 9.50. The Morgan fingerprint density at radius 2 is 1.88 bits per heavy atom. The molecule has 6 nitrogen and oxygen atoms in total. The molecular weight excluding hydrogens is 352 g/mol. The number of carbonyl (C=O) groups excluding carboxylic acids is 1. The number of benzene rings is 1. The minimum atomic E-state index is -3.59. The van der Waals surface area contributed by atoms with E-state index in [2.05, 4.69) is 6.92 Å². The van der Waals surface area contributed by atoms with Crippen LogP contribution >= 0.6 is 0 Å². The van der Waals surface area contributed by atoms with Crippen molar-refractivity contribution in [1.82, 2.24) is 9.21 Å². The van der Waals surface area contributed by atoms with Crippen LogP contribution in [0.15, 0.2) is 29.2 Å². The van der Waals surface area contributed by atoms with E-state index in [1.54, 1.807) is 24.3 Å². The van der Waals surface area contributed by atoms with Crippen molar-refractivity contribution in [1.29, 1.82) is 0 Å². The van der Waals surface area contributed by atoms with Crippen LogP contribution in [0, 0.1) is 5.92 Å². The summed E-state index contributed by atoms with van der Waals surface area (Å²) < 4.78 is 32.4. The molecule has 0 aromatic heterocycles. The molecule has 4 rings (SSSR count). The fraction of sp³-hybridized carbons (Fsp3) is 0.632. The fourth-order valence-electron chi connectivity index (χ4n) is 3.72. The molecular formula is C19H26N2O4S. The van der Waals surface area contributed by atoms with Gasteiger partial charge >= 0.3 is 0 Å². The number of hydrogen-bond donors (Lipinski definition) is 0. The van der Waals surface area contributed by atoms with E-state index in [-0.39, 0.29) is 16.8 Å². The third-order valence-corrected chi connectivity index (χ3v) is 7.50. The molecule has 0 bridgehead atoms. The van der Waals surface area contributed by atoms with E-state index < -0.39 is 10.0 Å². The van der Waals surface area contributed by atoms with E-state index in [1.165, 1.54) is 17.1 Å². The Balaban J connectivity index is 1.59. The highest BCUT2D eigenvalue weighted by Gasteiger charge is 2.42. The molecule has 0 spiro atoms. The monoisotopic (exact) mass is 378 g/mol. The van der Waals surface area contributed by atoms with Gasteiger partial charge in [0.05, 0.1) is 18.1 Å². The first kappa shape index (κ1) is 17.9. The predicted octanol–water partition coefficient (Wildman–Crippen LogP) is 2.11. The van der Waals surface area contributed by atoms with E-state index >= 15 is 0 Å². The zero-order valence-corrected chi connectivity index (χ0v) is 16.0. The van der Waals surface area contributed by atoms with Gasteiger partial charge < -0.3 is 9.64 Å². The number of nitrogens with zero attached hydrogens (tertiary/aromatic N) is 2. The molecule has 1 saturated heterocycles. The normalized spacial score (nSPS) is 22.8. The van der Waals surface area contributed by atoms with Crippen LogP contribution in [-0.4, -0.2) is 61.9 Å². The minimum Gasteiger partial charge on any atom is -0.379 e. The maximum Gasteiger partial charge on any atom is 0.254 e. The summed E-state index contributed by atoms with van der Waals surface area (Å²) in [6, 6.07) is 7.07. The molecule has 142 valence electrons. The maximum atomic E-state index is 13.2. The van der Waals surface area contributed by atoms with Gasteiger partial charge in [-0.05, 0) is 56.7 Å². The lowest BCUT2D eigenvalue weighted by atomic mass is 10.1. The molecule has 7 heteroatoms. The first-order chi connectivity index (χ1) is 12.5. The molecule has 0 radical (unpaired) electrons. The average Bonchev–Trinajstić information content (AvgIpc) is 3.56. The molecule has 2 aliphatic carbocycles. The van der Waals surface area contributed by atoms with Crippen LogP contribution in [0.5, 0.6) is 0 Å². The van der Waals surface area contributed by atoms with Gasteiger partial charge in [0.25, 0.3) is 5.91 Å². The average molecular weight is 378 g/mol. The molecule has 26 heavy (non-hydrogen) atoms. The second-order valence-electron chi connectivity index (χ2n) is 7.57. The minimum absolute atomic E-state index is 0.0362. The van der Waals surface area contributed by atoms with Gasteiger partial charge in [0.2, 0.25) is 10.0 Å². The summed E-state index contributed by atoms with van der Waals surface area (Å²) in [6.07, 6.45) is 4.47. The van der Waals surface area contributed by atoms with Crippen LogP contribution in [0.3, 0.4) is 0 Å². The second kappa shape index (κ2) is 6.94. The Hall–Kier alpha value is -1.44. The molecule has 1 amide bonds. The molecule has 1 aromatic carbocycles. The van der Waals surface area contributed by atoms with Crippen LogP contribution < -0.4 is 0 Å². The van der Waals surface area contributed by atoms with Crippen molar-refractivity contribution in [3.8, 4) is 0 Å². The number of sulfonamides is 1. The highest BCUT2D eigenvalue weighted by Crippen LogP contribution is 2.40. The number of morpholine rings is 1. The summed E-state index contributed by atoms with van der Waals surface area (Å²) in [5, 5.41) is 0. The van der Waals surface area contributed by atoms with E-state index in [0.717, 1.165) is 12.8 Å². The van der Waals surface area contributed by atoms with E-state index in [1.807, 2.05) is 4.90 Å². The highest BCUT2D eigenvalue weighted by atomic mass is 32.2. The molecule has 2 saturated carbocycles. The number of ether oxygens (including phenoxy) is 1. The molecule has 1 unspecified atom stereocenters. The van der Waals surface area contributed by atoms with Crippen molar-refractivity contribution < 1.29 is 17.9 Å². The number of amides is 1. The fourth-order valence-corrected chi connectivity index (χ4v) is 5.17. The lowest BCUT2D eigenvalue weighted by Gasteiger charge is -2.30. The standard InChI is InChI=1S/C19H26N2O4S/c1-14(15-5-6-15)21(17-7-8-17)19(22)16-3-2-4-18(13-16)26(23,24)20-9-11-25-12-10-20/h2-4,13-15,17H,5-12H2,1H3. The summed E-state index contributed by atoms with van der Waals surface area (Å²) in [4.78, 5) is 15.3. The molecule has 3 fully saturated rings. The van der Waals surface area contributed by atoms with Crippen LogP contribution in [-0.2, 0) is 14.8 Å². The molecule has 1 aliphatic heterocycles. The first-order valence-electron chi connectivity index (χ1n) is 9.49. The van der Waals surface area contributed by atoms with Gasteiger partial charge in [0.15, 0.2) is 0 Å². The summed E-state index contributed by atoms with van der Waals surface area (Å²) in [5.41, 5.74) is 0.471. The van der Waals surface area contributed by atoms with Gasteiger partial charge in [-0.25, -0.2) is 8.42 Å². The summed E-state index contributed by atoms with van der Waals surface area (Å²) in [5.74, 6) is 0.561. The SMILES string of the molecule is CC(C1CC1)N(C(=O)c1cccc(S(=O)(=O)N2CCOCC2)c1)C1CC1. The van der Waals surface area contributed by atoms with E-state index in [4.69, 9.17) is 4.74 Å². The quantitative estimate of drug-likeness (QED) is 0.760. The zero-order chi connectivity index (χ0) is 18.3. The van der Waals surface area contributed by atoms with E-state index in [0.29, 0.717) is 43.8 Å². The van der Waals surface area contributed by atoms with Crippen molar-refractivity contribution in [2.75, 3.05) is 26.3 Å². The highest BCUT2D eigenvalue weighted by molar-refractivity contribution is 7.89. The van der Waals surface area contributed by atoms with Crippen LogP contribution in [0.25, 0.3) is 0 Å². The van der Waals surface area contributed by atoms with Crippen molar-refractivity contribution in [2.24, 2.45) is 5.92 Å². The molecule has 1 atom stereocenters. The Labute approximate surface area is 155 Å². The summed E-state index contributed by atoms with van der Waals surface area (Å²) in [7, 11) is -3.59. The zero-order valence-electron chi connectivity index (χ0n) is 15.1. The molecule has 1 heterocycles. The molecule has 0 N–H and O–H groups in total. The number of rotatable bonds is 6. The third-order valence-electron chi connectivity index (χ3n) is 5.61. The van der Waals surface area contributed by atoms with E-state index in [9.17, 15) is 13.2 Å². The van der Waals surface area contributed by atoms with Gasteiger partial charge in [-0.15, -0.1) is 0 Å². The van der Waals surface area contributed by atoms with Gasteiger partial charge in [-0.1, -0.05) is 6.07 Å².